The van der Waals surface area contributed by atoms with E-state index < -0.39 is 11.7 Å². The van der Waals surface area contributed by atoms with Gasteiger partial charge >= 0.3 is 6.18 Å². The summed E-state index contributed by atoms with van der Waals surface area (Å²) in [6, 6.07) is 5.48. The van der Waals surface area contributed by atoms with Crippen LogP contribution in [0.5, 0.6) is 0 Å². The van der Waals surface area contributed by atoms with E-state index in [2.05, 4.69) is 5.32 Å². The number of hydrogen-bond acceptors (Lipinski definition) is 2. The lowest BCUT2D eigenvalue weighted by Gasteiger charge is -2.17. The molecule has 1 aromatic carbocycles. The van der Waals surface area contributed by atoms with E-state index in [0.29, 0.717) is 11.6 Å². The van der Waals surface area contributed by atoms with E-state index in [-0.39, 0.29) is 11.6 Å². The second-order valence-electron chi connectivity index (χ2n) is 5.09. The summed E-state index contributed by atoms with van der Waals surface area (Å²) >= 11 is 0. The van der Waals surface area contributed by atoms with Crippen LogP contribution in [-0.4, -0.2) is 6.04 Å². The maximum Gasteiger partial charge on any atom is 0.417 e. The lowest BCUT2D eigenvalue weighted by molar-refractivity contribution is -0.137. The maximum absolute atomic E-state index is 12.8. The molecule has 0 saturated heterocycles. The van der Waals surface area contributed by atoms with E-state index >= 15 is 0 Å². The van der Waals surface area contributed by atoms with Crippen molar-refractivity contribution >= 4 is 5.69 Å². The second kappa shape index (κ2) is 5.12. The Labute approximate surface area is 110 Å². The molecule has 1 fully saturated rings. The summed E-state index contributed by atoms with van der Waals surface area (Å²) in [4.78, 5) is 0. The van der Waals surface area contributed by atoms with Crippen LogP contribution in [0.4, 0.5) is 18.9 Å². The monoisotopic (exact) mass is 268 g/mol. The van der Waals surface area contributed by atoms with E-state index in [0.717, 1.165) is 12.5 Å². The minimum Gasteiger partial charge on any atom is -0.383 e. The molecule has 1 aliphatic rings. The molecule has 1 saturated carbocycles. The van der Waals surface area contributed by atoms with Gasteiger partial charge in [0.25, 0.3) is 0 Å². The summed E-state index contributed by atoms with van der Waals surface area (Å²) in [5.74, 6) is 0.711. The fraction of sp³-hybridized carbons (Fsp3) is 0.500. The third-order valence-corrected chi connectivity index (χ3v) is 3.24. The molecule has 19 heavy (non-hydrogen) atoms. The van der Waals surface area contributed by atoms with Gasteiger partial charge in [0.1, 0.15) is 0 Å². The number of nitrogens with one attached hydrogen (secondary N) is 1. The minimum atomic E-state index is -4.50. The number of nitrogens with zero attached hydrogens (tertiary/aromatic N) is 1. The van der Waals surface area contributed by atoms with Crippen molar-refractivity contribution in [3.8, 4) is 6.07 Å². The van der Waals surface area contributed by atoms with Crippen LogP contribution in [0.25, 0.3) is 0 Å². The van der Waals surface area contributed by atoms with Crippen molar-refractivity contribution in [1.82, 2.24) is 0 Å². The van der Waals surface area contributed by atoms with Gasteiger partial charge in [-0.25, -0.2) is 0 Å². The Morgan fingerprint density at radius 2 is 2.11 bits per heavy atom. The zero-order valence-corrected chi connectivity index (χ0v) is 10.6. The fourth-order valence-corrected chi connectivity index (χ4v) is 2.16. The zero-order valence-electron chi connectivity index (χ0n) is 10.6. The van der Waals surface area contributed by atoms with E-state index in [1.54, 1.807) is 6.07 Å². The van der Waals surface area contributed by atoms with Gasteiger partial charge in [-0.3, -0.25) is 0 Å². The van der Waals surface area contributed by atoms with Crippen LogP contribution in [0, 0.1) is 17.2 Å². The van der Waals surface area contributed by atoms with Crippen LogP contribution in [0.1, 0.15) is 37.3 Å². The number of alkyl halides is 3. The average Bonchev–Trinajstić information content (AvgIpc) is 3.11. The lowest BCUT2D eigenvalue weighted by Crippen LogP contribution is -2.17. The summed E-state index contributed by atoms with van der Waals surface area (Å²) in [6.07, 6.45) is -1.09. The summed E-state index contributed by atoms with van der Waals surface area (Å²) in [6.45, 7) is 1.96. The third kappa shape index (κ3) is 3.63. The first-order valence-corrected chi connectivity index (χ1v) is 6.28. The first-order valence-electron chi connectivity index (χ1n) is 6.28. The number of rotatable bonds is 4. The highest BCUT2D eigenvalue weighted by molar-refractivity contribution is 5.53. The second-order valence-corrected chi connectivity index (χ2v) is 5.09. The molecule has 0 heterocycles. The Kier molecular flexibility index (Phi) is 3.70. The van der Waals surface area contributed by atoms with Crippen molar-refractivity contribution in [3.63, 3.8) is 0 Å². The molecule has 1 N–H and O–H groups in total. The molecule has 0 bridgehead atoms. The van der Waals surface area contributed by atoms with Crippen LogP contribution in [-0.2, 0) is 6.18 Å². The zero-order chi connectivity index (χ0) is 14.0. The molecule has 102 valence electrons. The summed E-state index contributed by atoms with van der Waals surface area (Å²) in [5, 5.41) is 11.8. The van der Waals surface area contributed by atoms with Gasteiger partial charge in [-0.1, -0.05) is 12.8 Å². The van der Waals surface area contributed by atoms with E-state index in [1.807, 2.05) is 6.92 Å². The van der Waals surface area contributed by atoms with Crippen molar-refractivity contribution < 1.29 is 13.2 Å². The first kappa shape index (κ1) is 13.7. The Balaban J connectivity index is 2.15. The predicted octanol–water partition coefficient (Wildman–Crippen LogP) is 4.18. The Morgan fingerprint density at radius 3 is 2.63 bits per heavy atom. The van der Waals surface area contributed by atoms with Gasteiger partial charge in [0.05, 0.1) is 17.2 Å². The van der Waals surface area contributed by atoms with Gasteiger partial charge < -0.3 is 5.32 Å². The molecule has 2 nitrogen and oxygen atoms in total. The van der Waals surface area contributed by atoms with Crippen molar-refractivity contribution in [2.45, 2.75) is 38.4 Å². The molecular weight excluding hydrogens is 253 g/mol. The Bertz CT molecular complexity index is 498. The summed E-state index contributed by atoms with van der Waals surface area (Å²) in [7, 11) is 0. The van der Waals surface area contributed by atoms with E-state index in [9.17, 15) is 13.2 Å². The van der Waals surface area contributed by atoms with Crippen LogP contribution >= 0.6 is 0 Å². The summed E-state index contributed by atoms with van der Waals surface area (Å²) in [5.41, 5.74) is -0.800. The third-order valence-electron chi connectivity index (χ3n) is 3.24. The van der Waals surface area contributed by atoms with Crippen molar-refractivity contribution in [2.75, 3.05) is 5.32 Å². The van der Waals surface area contributed by atoms with Crippen molar-refractivity contribution in [3.05, 3.63) is 29.3 Å². The number of benzene rings is 1. The molecule has 0 aliphatic heterocycles. The van der Waals surface area contributed by atoms with Gasteiger partial charge in [-0.2, -0.15) is 18.4 Å². The topological polar surface area (TPSA) is 35.8 Å². The molecular formula is C14H15F3N2. The molecule has 0 amide bonds. The Hall–Kier alpha value is -1.70. The van der Waals surface area contributed by atoms with E-state index in [4.69, 9.17) is 5.26 Å². The van der Waals surface area contributed by atoms with Crippen LogP contribution in [0.15, 0.2) is 18.2 Å². The van der Waals surface area contributed by atoms with Crippen LogP contribution < -0.4 is 5.32 Å². The predicted molar refractivity (Wildman–Crippen MR) is 66.6 cm³/mol. The summed E-state index contributed by atoms with van der Waals surface area (Å²) < 4.78 is 38.4. The van der Waals surface area contributed by atoms with Gasteiger partial charge in [0, 0.05) is 11.7 Å². The average molecular weight is 268 g/mol. The number of anilines is 1. The van der Waals surface area contributed by atoms with Gasteiger partial charge in [0.2, 0.25) is 0 Å². The normalized spacial score (nSPS) is 16.8. The number of nitriles is 1. The molecule has 0 spiro atoms. The van der Waals surface area contributed by atoms with Gasteiger partial charge in [-0.05, 0) is 37.5 Å². The molecule has 1 aromatic rings. The molecule has 1 aliphatic carbocycles. The SMILES string of the molecule is CC(CC1CC1)Nc1ccc(C#N)c(C(F)(F)F)c1. The molecule has 0 radical (unpaired) electrons. The quantitative estimate of drug-likeness (QED) is 0.889. The minimum absolute atomic E-state index is 0.140. The first-order chi connectivity index (χ1) is 8.90. The Morgan fingerprint density at radius 1 is 1.42 bits per heavy atom. The van der Waals surface area contributed by atoms with Crippen molar-refractivity contribution in [2.24, 2.45) is 5.92 Å². The van der Waals surface area contributed by atoms with Gasteiger partial charge in [0.15, 0.2) is 0 Å². The molecule has 5 heteroatoms. The maximum atomic E-state index is 12.8. The number of halogens is 3. The molecule has 1 unspecified atom stereocenters. The van der Waals surface area contributed by atoms with Crippen LogP contribution in [0.2, 0.25) is 0 Å². The smallest absolute Gasteiger partial charge is 0.383 e. The molecule has 2 rings (SSSR count). The van der Waals surface area contributed by atoms with E-state index in [1.165, 1.54) is 25.0 Å². The highest BCUT2D eigenvalue weighted by atomic mass is 19.4. The van der Waals surface area contributed by atoms with Crippen LogP contribution in [0.3, 0.4) is 0 Å². The number of hydrogen-bond donors (Lipinski definition) is 1. The lowest BCUT2D eigenvalue weighted by atomic mass is 10.1. The molecule has 1 atom stereocenters. The highest BCUT2D eigenvalue weighted by Crippen LogP contribution is 2.35. The highest BCUT2D eigenvalue weighted by Gasteiger charge is 2.34. The standard InChI is InChI=1S/C14H15F3N2/c1-9(6-10-2-3-10)19-12-5-4-11(8-18)13(7-12)14(15,16)17/h4-5,7,9-10,19H,2-3,6H2,1H3. The molecule has 0 aromatic heterocycles. The fourth-order valence-electron chi connectivity index (χ4n) is 2.16. The largest absolute Gasteiger partial charge is 0.417 e. The van der Waals surface area contributed by atoms with Gasteiger partial charge in [-0.15, -0.1) is 0 Å². The van der Waals surface area contributed by atoms with Crippen molar-refractivity contribution in [1.29, 1.82) is 5.26 Å².